The number of carbonyl (C=O) groups excluding carboxylic acids is 1. The molecule has 4 rings (SSSR count). The Bertz CT molecular complexity index is 823. The van der Waals surface area contributed by atoms with Gasteiger partial charge in [-0.15, -0.1) is 11.3 Å². The van der Waals surface area contributed by atoms with E-state index in [2.05, 4.69) is 37.0 Å². The molecule has 2 aliphatic rings. The van der Waals surface area contributed by atoms with E-state index in [0.29, 0.717) is 6.54 Å². The molecular weight excluding hydrogens is 372 g/mol. The summed E-state index contributed by atoms with van der Waals surface area (Å²) in [7, 11) is 2.15. The number of nitrogens with one attached hydrogen (secondary N) is 1. The summed E-state index contributed by atoms with van der Waals surface area (Å²) in [4.78, 5) is 30.6. The fraction of sp³-hybridized carbons (Fsp3) is 0.650. The second kappa shape index (κ2) is 8.71. The maximum Gasteiger partial charge on any atom is 0.261 e. The molecule has 2 aromatic heterocycles. The lowest BCUT2D eigenvalue weighted by atomic mass is 10.1. The van der Waals surface area contributed by atoms with Gasteiger partial charge in [0.25, 0.3) is 5.91 Å². The number of aryl methyl sites for hydroxylation is 1. The summed E-state index contributed by atoms with van der Waals surface area (Å²) < 4.78 is 0. The van der Waals surface area contributed by atoms with Crippen molar-refractivity contribution in [1.82, 2.24) is 25.1 Å². The molecule has 2 aliphatic heterocycles. The van der Waals surface area contributed by atoms with Crippen LogP contribution in [0.2, 0.25) is 0 Å². The number of fused-ring (bicyclic) bond motifs is 1. The highest BCUT2D eigenvalue weighted by atomic mass is 32.1. The third-order valence-corrected chi connectivity index (χ3v) is 7.08. The van der Waals surface area contributed by atoms with Gasteiger partial charge in [0.2, 0.25) is 0 Å². The number of amides is 1. The largest absolute Gasteiger partial charge is 0.353 e. The fourth-order valence-electron chi connectivity index (χ4n) is 4.12. The molecule has 1 N–H and O–H groups in total. The zero-order chi connectivity index (χ0) is 19.5. The third-order valence-electron chi connectivity index (χ3n) is 5.88. The third kappa shape index (κ3) is 4.14. The number of piperazine rings is 1. The van der Waals surface area contributed by atoms with Gasteiger partial charge in [-0.05, 0) is 45.5 Å². The normalized spacial score (nSPS) is 19.3. The van der Waals surface area contributed by atoms with Gasteiger partial charge in [0.1, 0.15) is 17.0 Å². The second-order valence-corrected chi connectivity index (χ2v) is 8.88. The number of nitrogens with zero attached hydrogens (tertiary/aromatic N) is 5. The summed E-state index contributed by atoms with van der Waals surface area (Å²) in [6.07, 6.45) is 5.51. The van der Waals surface area contributed by atoms with Gasteiger partial charge in [-0.25, -0.2) is 9.97 Å². The molecule has 8 heteroatoms. The van der Waals surface area contributed by atoms with E-state index < -0.39 is 0 Å². The van der Waals surface area contributed by atoms with Crippen molar-refractivity contribution in [1.29, 1.82) is 0 Å². The minimum Gasteiger partial charge on any atom is -0.353 e. The van der Waals surface area contributed by atoms with Gasteiger partial charge < -0.3 is 20.0 Å². The molecule has 0 unspecified atom stereocenters. The van der Waals surface area contributed by atoms with Crippen LogP contribution in [0.3, 0.4) is 0 Å². The van der Waals surface area contributed by atoms with Gasteiger partial charge in [-0.2, -0.15) is 0 Å². The lowest BCUT2D eigenvalue weighted by molar-refractivity contribution is 0.0950. The molecule has 2 fully saturated rings. The molecule has 0 bridgehead atoms. The Morgan fingerprint density at radius 1 is 1.11 bits per heavy atom. The fourth-order valence-corrected chi connectivity index (χ4v) is 5.18. The number of piperidine rings is 1. The first-order valence-electron chi connectivity index (χ1n) is 10.3. The van der Waals surface area contributed by atoms with Crippen molar-refractivity contribution < 1.29 is 4.79 Å². The summed E-state index contributed by atoms with van der Waals surface area (Å²) in [5.74, 6) is 0.987. The van der Waals surface area contributed by atoms with Gasteiger partial charge >= 0.3 is 0 Å². The number of rotatable bonds is 5. The summed E-state index contributed by atoms with van der Waals surface area (Å²) in [5, 5.41) is 4.15. The highest BCUT2D eigenvalue weighted by Crippen LogP contribution is 2.35. The Balaban J connectivity index is 1.47. The van der Waals surface area contributed by atoms with Gasteiger partial charge in [0.05, 0.1) is 10.3 Å². The summed E-state index contributed by atoms with van der Waals surface area (Å²) in [6.45, 7) is 9.93. The average molecular weight is 403 g/mol. The van der Waals surface area contributed by atoms with E-state index in [9.17, 15) is 4.79 Å². The van der Waals surface area contributed by atoms with E-state index >= 15 is 0 Å². The first kappa shape index (κ1) is 19.5. The second-order valence-electron chi connectivity index (χ2n) is 7.88. The predicted molar refractivity (Wildman–Crippen MR) is 114 cm³/mol. The number of hydrogen-bond acceptors (Lipinski definition) is 7. The van der Waals surface area contributed by atoms with Gasteiger partial charge in [0.15, 0.2) is 0 Å². The van der Waals surface area contributed by atoms with Crippen molar-refractivity contribution in [3.05, 3.63) is 16.8 Å². The number of hydrogen-bond donors (Lipinski definition) is 1. The summed E-state index contributed by atoms with van der Waals surface area (Å²) in [6, 6.07) is 0. The smallest absolute Gasteiger partial charge is 0.261 e. The Labute approximate surface area is 170 Å². The molecule has 0 aromatic carbocycles. The predicted octanol–water partition coefficient (Wildman–Crippen LogP) is 1.97. The van der Waals surface area contributed by atoms with Crippen molar-refractivity contribution in [2.24, 2.45) is 0 Å². The maximum atomic E-state index is 12.8. The van der Waals surface area contributed by atoms with Crippen molar-refractivity contribution >= 4 is 33.3 Å². The first-order chi connectivity index (χ1) is 13.6. The summed E-state index contributed by atoms with van der Waals surface area (Å²) >= 11 is 1.48. The average Bonchev–Trinajstić information content (AvgIpc) is 3.06. The quantitative estimate of drug-likeness (QED) is 0.825. The number of likely N-dealkylation sites (tertiary alicyclic amines) is 1. The highest BCUT2D eigenvalue weighted by molar-refractivity contribution is 7.20. The Kier molecular flexibility index (Phi) is 6.08. The molecule has 0 atom stereocenters. The Morgan fingerprint density at radius 2 is 1.86 bits per heavy atom. The van der Waals surface area contributed by atoms with Crippen LogP contribution in [0.15, 0.2) is 6.33 Å². The van der Waals surface area contributed by atoms with Crippen LogP contribution in [-0.2, 0) is 0 Å². The minimum atomic E-state index is 0.0156. The molecule has 0 saturated carbocycles. The molecule has 2 aromatic rings. The van der Waals surface area contributed by atoms with Gasteiger partial charge in [-0.1, -0.05) is 6.42 Å². The van der Waals surface area contributed by atoms with E-state index in [1.165, 1.54) is 30.6 Å². The SMILES string of the molecule is Cc1c(C(=O)NCCN2CCCCC2)sc2ncnc(N3CCN(C)CC3)c12. The van der Waals surface area contributed by atoms with Crippen molar-refractivity contribution in [3.63, 3.8) is 0 Å². The molecule has 2 saturated heterocycles. The summed E-state index contributed by atoms with van der Waals surface area (Å²) in [5.41, 5.74) is 1.00. The van der Waals surface area contributed by atoms with Crippen LogP contribution in [0.25, 0.3) is 10.2 Å². The van der Waals surface area contributed by atoms with Crippen LogP contribution in [0.1, 0.15) is 34.5 Å². The van der Waals surface area contributed by atoms with Crippen LogP contribution in [0, 0.1) is 6.92 Å². The molecule has 7 nitrogen and oxygen atoms in total. The van der Waals surface area contributed by atoms with E-state index in [1.807, 2.05) is 6.92 Å². The van der Waals surface area contributed by atoms with Crippen LogP contribution in [-0.4, -0.2) is 85.1 Å². The van der Waals surface area contributed by atoms with Crippen LogP contribution in [0.5, 0.6) is 0 Å². The maximum absolute atomic E-state index is 12.8. The van der Waals surface area contributed by atoms with Gasteiger partial charge in [-0.3, -0.25) is 4.79 Å². The molecular formula is C20H30N6OS. The molecule has 28 heavy (non-hydrogen) atoms. The van der Waals surface area contributed by atoms with Crippen molar-refractivity contribution in [2.75, 3.05) is 64.3 Å². The highest BCUT2D eigenvalue weighted by Gasteiger charge is 2.23. The van der Waals surface area contributed by atoms with Crippen LogP contribution >= 0.6 is 11.3 Å². The monoisotopic (exact) mass is 402 g/mol. The van der Waals surface area contributed by atoms with Crippen LogP contribution in [0.4, 0.5) is 5.82 Å². The Hall–Kier alpha value is -1.77. The number of anilines is 1. The van der Waals surface area contributed by atoms with Crippen LogP contribution < -0.4 is 10.2 Å². The number of carbonyl (C=O) groups is 1. The molecule has 4 heterocycles. The van der Waals surface area contributed by atoms with Crippen molar-refractivity contribution in [2.45, 2.75) is 26.2 Å². The Morgan fingerprint density at radius 3 is 2.61 bits per heavy atom. The zero-order valence-electron chi connectivity index (χ0n) is 16.9. The first-order valence-corrected chi connectivity index (χ1v) is 11.1. The van der Waals surface area contributed by atoms with E-state index in [-0.39, 0.29) is 5.91 Å². The van der Waals surface area contributed by atoms with E-state index in [0.717, 1.165) is 72.3 Å². The zero-order valence-corrected chi connectivity index (χ0v) is 17.7. The standard InChI is InChI=1S/C20H30N6OS/c1-15-16-18(26-12-10-24(2)11-13-26)22-14-23-20(16)28-17(15)19(27)21-6-9-25-7-4-3-5-8-25/h14H,3-13H2,1-2H3,(H,21,27). The lowest BCUT2D eigenvalue weighted by Crippen LogP contribution is -2.44. The van der Waals surface area contributed by atoms with Crippen molar-refractivity contribution in [3.8, 4) is 0 Å². The molecule has 0 aliphatic carbocycles. The van der Waals surface area contributed by atoms with E-state index in [4.69, 9.17) is 0 Å². The number of likely N-dealkylation sites (N-methyl/N-ethyl adjacent to an activating group) is 1. The molecule has 1 amide bonds. The molecule has 0 radical (unpaired) electrons. The molecule has 152 valence electrons. The topological polar surface area (TPSA) is 64.6 Å². The minimum absolute atomic E-state index is 0.0156. The molecule has 0 spiro atoms. The number of aromatic nitrogens is 2. The lowest BCUT2D eigenvalue weighted by Gasteiger charge is -2.33. The number of thiophene rings is 1. The van der Waals surface area contributed by atoms with Gasteiger partial charge in [0, 0.05) is 39.3 Å². The van der Waals surface area contributed by atoms with E-state index in [1.54, 1.807) is 6.33 Å².